The van der Waals surface area contributed by atoms with Crippen molar-refractivity contribution in [3.8, 4) is 17.6 Å². The van der Waals surface area contributed by atoms with Gasteiger partial charge in [-0.3, -0.25) is 9.59 Å². The van der Waals surface area contributed by atoms with E-state index >= 15 is 0 Å². The first-order valence-corrected chi connectivity index (χ1v) is 11.8. The molecule has 0 aromatic heterocycles. The summed E-state index contributed by atoms with van der Waals surface area (Å²) in [6.07, 6.45) is 0.725. The predicted octanol–water partition coefficient (Wildman–Crippen LogP) is 3.64. The molecule has 3 aromatic carbocycles. The highest BCUT2D eigenvalue weighted by Gasteiger charge is 2.33. The van der Waals surface area contributed by atoms with Gasteiger partial charge in [0, 0.05) is 32.4 Å². The van der Waals surface area contributed by atoms with E-state index in [0.717, 1.165) is 28.8 Å². The molecule has 2 N–H and O–H groups in total. The van der Waals surface area contributed by atoms with Crippen molar-refractivity contribution in [2.45, 2.75) is 32.2 Å². The zero-order chi connectivity index (χ0) is 25.2. The summed E-state index contributed by atoms with van der Waals surface area (Å²) in [4.78, 5) is 29.4. The normalized spacial score (nSPS) is 16.6. The Balaban J connectivity index is 1.39. The molecule has 2 heterocycles. The third-order valence-electron chi connectivity index (χ3n) is 6.69. The average molecular weight is 483 g/mol. The van der Waals surface area contributed by atoms with Crippen LogP contribution in [0.2, 0.25) is 0 Å². The van der Waals surface area contributed by atoms with Gasteiger partial charge in [0.05, 0.1) is 11.6 Å². The SMILES string of the molecule is CN1CC[C@@H](Nc2cccc3c2CN(C(=O)c2c(O)cc(C#N)cc2OCc2ccccc2)C3)C1=O. The number of carbonyl (C=O) groups is 2. The fourth-order valence-corrected chi connectivity index (χ4v) is 4.73. The van der Waals surface area contributed by atoms with Crippen molar-refractivity contribution >= 4 is 17.5 Å². The van der Waals surface area contributed by atoms with Gasteiger partial charge in [-0.15, -0.1) is 0 Å². The van der Waals surface area contributed by atoms with Crippen LogP contribution in [0.15, 0.2) is 60.7 Å². The molecular weight excluding hydrogens is 456 g/mol. The second-order valence-corrected chi connectivity index (χ2v) is 9.10. The highest BCUT2D eigenvalue weighted by atomic mass is 16.5. The first-order valence-electron chi connectivity index (χ1n) is 11.8. The van der Waals surface area contributed by atoms with Crippen LogP contribution < -0.4 is 10.1 Å². The number of hydrogen-bond donors (Lipinski definition) is 2. The minimum Gasteiger partial charge on any atom is -0.507 e. The highest BCUT2D eigenvalue weighted by Crippen LogP contribution is 2.36. The minimum atomic E-state index is -0.390. The van der Waals surface area contributed by atoms with Gasteiger partial charge in [0.1, 0.15) is 29.7 Å². The molecule has 0 spiro atoms. The zero-order valence-electron chi connectivity index (χ0n) is 19.9. The van der Waals surface area contributed by atoms with E-state index in [-0.39, 0.29) is 47.1 Å². The third kappa shape index (κ3) is 4.43. The number of phenols is 1. The second-order valence-electron chi connectivity index (χ2n) is 9.10. The Hall–Kier alpha value is -4.51. The van der Waals surface area contributed by atoms with Crippen molar-refractivity contribution < 1.29 is 19.4 Å². The summed E-state index contributed by atoms with van der Waals surface area (Å²) in [6.45, 7) is 1.58. The summed E-state index contributed by atoms with van der Waals surface area (Å²) in [7, 11) is 1.79. The van der Waals surface area contributed by atoms with E-state index in [1.54, 1.807) is 16.8 Å². The van der Waals surface area contributed by atoms with Gasteiger partial charge in [-0.25, -0.2) is 0 Å². The number of benzene rings is 3. The van der Waals surface area contributed by atoms with Gasteiger partial charge in [0.15, 0.2) is 0 Å². The van der Waals surface area contributed by atoms with E-state index in [9.17, 15) is 20.0 Å². The summed E-state index contributed by atoms with van der Waals surface area (Å²) in [6, 6.07) is 19.7. The number of hydrogen-bond acceptors (Lipinski definition) is 6. The Morgan fingerprint density at radius 3 is 2.69 bits per heavy atom. The van der Waals surface area contributed by atoms with E-state index < -0.39 is 0 Å². The largest absolute Gasteiger partial charge is 0.507 e. The van der Waals surface area contributed by atoms with Gasteiger partial charge in [-0.2, -0.15) is 5.26 Å². The van der Waals surface area contributed by atoms with Crippen molar-refractivity contribution in [1.29, 1.82) is 5.26 Å². The van der Waals surface area contributed by atoms with Crippen LogP contribution in [0.4, 0.5) is 5.69 Å². The number of nitriles is 1. The smallest absolute Gasteiger partial charge is 0.262 e. The Morgan fingerprint density at radius 1 is 1.17 bits per heavy atom. The lowest BCUT2D eigenvalue weighted by atomic mass is 10.1. The van der Waals surface area contributed by atoms with Crippen LogP contribution in [0.3, 0.4) is 0 Å². The number of rotatable bonds is 6. The van der Waals surface area contributed by atoms with Crippen LogP contribution in [0.1, 0.15) is 39.0 Å². The molecule has 0 radical (unpaired) electrons. The fraction of sp³-hybridized carbons (Fsp3) is 0.250. The zero-order valence-corrected chi connectivity index (χ0v) is 19.9. The molecule has 5 rings (SSSR count). The van der Waals surface area contributed by atoms with Crippen LogP contribution in [0.25, 0.3) is 0 Å². The predicted molar refractivity (Wildman–Crippen MR) is 133 cm³/mol. The molecule has 1 fully saturated rings. The van der Waals surface area contributed by atoms with Crippen LogP contribution in [-0.2, 0) is 24.5 Å². The molecule has 0 aliphatic carbocycles. The number of carbonyl (C=O) groups excluding carboxylic acids is 2. The first kappa shape index (κ1) is 23.2. The minimum absolute atomic E-state index is 0.0276. The van der Waals surface area contributed by atoms with Gasteiger partial charge in [-0.1, -0.05) is 42.5 Å². The van der Waals surface area contributed by atoms with Gasteiger partial charge in [0.25, 0.3) is 5.91 Å². The van der Waals surface area contributed by atoms with Crippen molar-refractivity contribution in [1.82, 2.24) is 9.80 Å². The molecular formula is C28H26N4O4. The highest BCUT2D eigenvalue weighted by molar-refractivity contribution is 6.00. The van der Waals surface area contributed by atoms with Gasteiger partial charge in [0.2, 0.25) is 5.91 Å². The first-order chi connectivity index (χ1) is 17.4. The Kier molecular flexibility index (Phi) is 6.21. The molecule has 182 valence electrons. The molecule has 0 saturated carbocycles. The second kappa shape index (κ2) is 9.62. The number of fused-ring (bicyclic) bond motifs is 1. The molecule has 36 heavy (non-hydrogen) atoms. The van der Waals surface area contributed by atoms with E-state index in [0.29, 0.717) is 19.6 Å². The van der Waals surface area contributed by atoms with Gasteiger partial charge < -0.3 is 25.0 Å². The standard InChI is InChI=1S/C28H26N4O4/c1-31-11-10-23(27(31)34)30-22-9-5-8-20-15-32(16-21(20)22)28(35)26-24(33)12-19(14-29)13-25(26)36-17-18-6-3-2-4-7-18/h2-9,12-13,23,30,33H,10-11,15-17H2,1H3/t23-/m1/s1. The lowest BCUT2D eigenvalue weighted by molar-refractivity contribution is -0.127. The number of amides is 2. The van der Waals surface area contributed by atoms with Crippen molar-refractivity contribution in [3.63, 3.8) is 0 Å². The van der Waals surface area contributed by atoms with E-state index in [2.05, 4.69) is 5.32 Å². The molecule has 2 aliphatic rings. The van der Waals surface area contributed by atoms with Crippen LogP contribution in [-0.4, -0.2) is 46.4 Å². The third-order valence-corrected chi connectivity index (χ3v) is 6.69. The maximum Gasteiger partial charge on any atom is 0.262 e. The maximum atomic E-state index is 13.6. The molecule has 8 nitrogen and oxygen atoms in total. The van der Waals surface area contributed by atoms with Gasteiger partial charge >= 0.3 is 0 Å². The number of ether oxygens (including phenoxy) is 1. The monoisotopic (exact) mass is 482 g/mol. The molecule has 1 saturated heterocycles. The van der Waals surface area contributed by atoms with Crippen molar-refractivity contribution in [3.05, 3.63) is 88.5 Å². The van der Waals surface area contributed by atoms with E-state index in [1.165, 1.54) is 12.1 Å². The molecule has 2 aliphatic heterocycles. The summed E-state index contributed by atoms with van der Waals surface area (Å²) in [5.74, 6) is -0.467. The topological polar surface area (TPSA) is 106 Å². The number of phenolic OH excluding ortho intramolecular Hbond substituents is 1. The molecule has 8 heteroatoms. The van der Waals surface area contributed by atoms with Crippen molar-refractivity contribution in [2.24, 2.45) is 0 Å². The Bertz CT molecular complexity index is 1370. The number of nitrogens with zero attached hydrogens (tertiary/aromatic N) is 3. The summed E-state index contributed by atoms with van der Waals surface area (Å²) in [5.41, 5.74) is 3.89. The number of aromatic hydroxyl groups is 1. The molecule has 3 aromatic rings. The van der Waals surface area contributed by atoms with Gasteiger partial charge in [-0.05, 0) is 41.3 Å². The lowest BCUT2D eigenvalue weighted by Gasteiger charge is -2.20. The summed E-state index contributed by atoms with van der Waals surface area (Å²) in [5, 5.41) is 23.4. The lowest BCUT2D eigenvalue weighted by Crippen LogP contribution is -2.31. The van der Waals surface area contributed by atoms with Crippen LogP contribution in [0, 0.1) is 11.3 Å². The van der Waals surface area contributed by atoms with Crippen LogP contribution >= 0.6 is 0 Å². The quantitative estimate of drug-likeness (QED) is 0.556. The van der Waals surface area contributed by atoms with E-state index in [1.807, 2.05) is 54.6 Å². The summed E-state index contributed by atoms with van der Waals surface area (Å²) < 4.78 is 5.93. The Labute approximate surface area is 209 Å². The molecule has 1 atom stereocenters. The molecule has 0 unspecified atom stereocenters. The van der Waals surface area contributed by atoms with Crippen molar-refractivity contribution in [2.75, 3.05) is 18.9 Å². The van der Waals surface area contributed by atoms with Crippen LogP contribution in [0.5, 0.6) is 11.5 Å². The number of likely N-dealkylation sites (tertiary alicyclic amines) is 1. The molecule has 2 amide bonds. The average Bonchev–Trinajstić information content (AvgIpc) is 3.47. The number of nitrogens with one attached hydrogen (secondary N) is 1. The number of anilines is 1. The summed E-state index contributed by atoms with van der Waals surface area (Å²) >= 11 is 0. The number of likely N-dealkylation sites (N-methyl/N-ethyl adjacent to an activating group) is 1. The van der Waals surface area contributed by atoms with E-state index in [4.69, 9.17) is 4.74 Å². The molecule has 0 bridgehead atoms. The maximum absolute atomic E-state index is 13.6. The fourth-order valence-electron chi connectivity index (χ4n) is 4.73. The Morgan fingerprint density at radius 2 is 1.97 bits per heavy atom.